The van der Waals surface area contributed by atoms with Gasteiger partial charge in [0.25, 0.3) is 0 Å². The van der Waals surface area contributed by atoms with E-state index in [1.807, 2.05) is 0 Å². The van der Waals surface area contributed by atoms with Crippen LogP contribution in [0.3, 0.4) is 0 Å². The number of hydrogen-bond acceptors (Lipinski definition) is 2. The Morgan fingerprint density at radius 3 is 2.75 bits per heavy atom. The van der Waals surface area contributed by atoms with Crippen LogP contribution in [-0.2, 0) is 0 Å². The van der Waals surface area contributed by atoms with Crippen molar-refractivity contribution in [2.45, 2.75) is 51.5 Å². The maximum atomic E-state index is 3.65. The number of likely N-dealkylation sites (tertiary alicyclic amines) is 1. The lowest BCUT2D eigenvalue weighted by molar-refractivity contribution is 0.175. The molecule has 2 atom stereocenters. The largest absolute Gasteiger partial charge is 0.316 e. The molecule has 2 rings (SSSR count). The molecule has 0 aromatic carbocycles. The van der Waals surface area contributed by atoms with Gasteiger partial charge in [-0.25, -0.2) is 0 Å². The van der Waals surface area contributed by atoms with Crippen molar-refractivity contribution >= 4 is 0 Å². The maximum Gasteiger partial charge on any atom is 0.0104 e. The first-order valence-electron chi connectivity index (χ1n) is 7.18. The third-order valence-electron chi connectivity index (χ3n) is 4.47. The first kappa shape index (κ1) is 12.4. The SMILES string of the molecule is CC(CNCCC1CCCCN1C)C1CC1. The minimum absolute atomic E-state index is 0.845. The number of nitrogens with one attached hydrogen (secondary N) is 1. The van der Waals surface area contributed by atoms with Crippen LogP contribution in [0.1, 0.15) is 45.4 Å². The molecule has 1 N–H and O–H groups in total. The number of piperidine rings is 1. The zero-order chi connectivity index (χ0) is 11.4. The van der Waals surface area contributed by atoms with Crippen molar-refractivity contribution in [1.82, 2.24) is 10.2 Å². The smallest absolute Gasteiger partial charge is 0.0104 e. The highest BCUT2D eigenvalue weighted by molar-refractivity contribution is 4.80. The highest BCUT2D eigenvalue weighted by atomic mass is 15.1. The molecular formula is C14H28N2. The van der Waals surface area contributed by atoms with Crippen LogP contribution in [0.2, 0.25) is 0 Å². The molecule has 2 nitrogen and oxygen atoms in total. The van der Waals surface area contributed by atoms with E-state index in [0.29, 0.717) is 0 Å². The molecule has 2 fully saturated rings. The molecule has 1 aliphatic carbocycles. The monoisotopic (exact) mass is 224 g/mol. The molecule has 1 saturated carbocycles. The molecule has 16 heavy (non-hydrogen) atoms. The van der Waals surface area contributed by atoms with E-state index in [2.05, 4.69) is 24.2 Å². The van der Waals surface area contributed by atoms with Gasteiger partial charge in [0.05, 0.1) is 0 Å². The van der Waals surface area contributed by atoms with Gasteiger partial charge in [-0.3, -0.25) is 0 Å². The number of rotatable bonds is 6. The van der Waals surface area contributed by atoms with E-state index < -0.39 is 0 Å². The van der Waals surface area contributed by atoms with Crippen LogP contribution >= 0.6 is 0 Å². The fourth-order valence-electron chi connectivity index (χ4n) is 2.94. The normalized spacial score (nSPS) is 29.2. The van der Waals surface area contributed by atoms with Gasteiger partial charge in [0.15, 0.2) is 0 Å². The Labute approximate surface area is 101 Å². The quantitative estimate of drug-likeness (QED) is 0.697. The van der Waals surface area contributed by atoms with Crippen molar-refractivity contribution in [3.63, 3.8) is 0 Å². The molecule has 2 aliphatic rings. The lowest BCUT2D eigenvalue weighted by atomic mass is 10.00. The predicted octanol–water partition coefficient (Wildman–Crippen LogP) is 2.50. The zero-order valence-corrected chi connectivity index (χ0v) is 11.0. The van der Waals surface area contributed by atoms with Crippen molar-refractivity contribution in [2.75, 3.05) is 26.7 Å². The van der Waals surface area contributed by atoms with Crippen LogP contribution in [0.25, 0.3) is 0 Å². The molecule has 1 heterocycles. The summed E-state index contributed by atoms with van der Waals surface area (Å²) >= 11 is 0. The van der Waals surface area contributed by atoms with E-state index in [1.54, 1.807) is 0 Å². The Bertz CT molecular complexity index is 201. The van der Waals surface area contributed by atoms with Gasteiger partial charge in [0.2, 0.25) is 0 Å². The average Bonchev–Trinajstić information content (AvgIpc) is 3.10. The standard InChI is InChI=1S/C14H28N2/c1-12(13-6-7-13)11-15-9-8-14-5-3-4-10-16(14)2/h12-15H,3-11H2,1-2H3. The predicted molar refractivity (Wildman–Crippen MR) is 69.6 cm³/mol. The van der Waals surface area contributed by atoms with E-state index in [-0.39, 0.29) is 0 Å². The van der Waals surface area contributed by atoms with Gasteiger partial charge in [0.1, 0.15) is 0 Å². The van der Waals surface area contributed by atoms with Crippen LogP contribution < -0.4 is 5.32 Å². The Balaban J connectivity index is 1.52. The molecule has 2 unspecified atom stereocenters. The van der Waals surface area contributed by atoms with E-state index >= 15 is 0 Å². The van der Waals surface area contributed by atoms with Gasteiger partial charge in [-0.15, -0.1) is 0 Å². The Kier molecular flexibility index (Phi) is 4.66. The number of nitrogens with zero attached hydrogens (tertiary/aromatic N) is 1. The van der Waals surface area contributed by atoms with Crippen molar-refractivity contribution in [3.05, 3.63) is 0 Å². The molecule has 1 saturated heterocycles. The van der Waals surface area contributed by atoms with E-state index in [9.17, 15) is 0 Å². The Morgan fingerprint density at radius 2 is 2.06 bits per heavy atom. The maximum absolute atomic E-state index is 3.65. The summed E-state index contributed by atoms with van der Waals surface area (Å²) < 4.78 is 0. The van der Waals surface area contributed by atoms with Gasteiger partial charge in [-0.1, -0.05) is 13.3 Å². The molecule has 0 spiro atoms. The molecule has 94 valence electrons. The van der Waals surface area contributed by atoms with E-state index in [0.717, 1.165) is 17.9 Å². The van der Waals surface area contributed by atoms with Crippen LogP contribution in [0.5, 0.6) is 0 Å². The van der Waals surface area contributed by atoms with Crippen molar-refractivity contribution in [3.8, 4) is 0 Å². The second kappa shape index (κ2) is 6.02. The molecule has 0 bridgehead atoms. The summed E-state index contributed by atoms with van der Waals surface area (Å²) in [6.45, 7) is 6.16. The second-order valence-corrected chi connectivity index (χ2v) is 5.94. The fraction of sp³-hybridized carbons (Fsp3) is 1.00. The molecule has 0 amide bonds. The lowest BCUT2D eigenvalue weighted by Gasteiger charge is -2.32. The van der Waals surface area contributed by atoms with Crippen LogP contribution in [0.4, 0.5) is 0 Å². The first-order valence-corrected chi connectivity index (χ1v) is 7.18. The summed E-state index contributed by atoms with van der Waals surface area (Å²) in [4.78, 5) is 2.55. The Hall–Kier alpha value is -0.0800. The number of hydrogen-bond donors (Lipinski definition) is 1. The van der Waals surface area contributed by atoms with Gasteiger partial charge in [0, 0.05) is 6.04 Å². The topological polar surface area (TPSA) is 15.3 Å². The molecule has 0 radical (unpaired) electrons. The third kappa shape index (κ3) is 3.74. The highest BCUT2D eigenvalue weighted by Gasteiger charge is 2.27. The highest BCUT2D eigenvalue weighted by Crippen LogP contribution is 2.36. The van der Waals surface area contributed by atoms with Crippen LogP contribution in [0.15, 0.2) is 0 Å². The summed E-state index contributed by atoms with van der Waals surface area (Å²) in [7, 11) is 2.29. The van der Waals surface area contributed by atoms with E-state index in [4.69, 9.17) is 0 Å². The summed E-state index contributed by atoms with van der Waals surface area (Å²) in [5.41, 5.74) is 0. The summed E-state index contributed by atoms with van der Waals surface area (Å²) in [6.07, 6.45) is 8.55. The Morgan fingerprint density at radius 1 is 1.25 bits per heavy atom. The van der Waals surface area contributed by atoms with Crippen LogP contribution in [0, 0.1) is 11.8 Å². The average molecular weight is 224 g/mol. The summed E-state index contributed by atoms with van der Waals surface area (Å²) in [5.74, 6) is 1.95. The van der Waals surface area contributed by atoms with Crippen molar-refractivity contribution in [2.24, 2.45) is 11.8 Å². The minimum atomic E-state index is 0.845. The van der Waals surface area contributed by atoms with Gasteiger partial charge in [-0.2, -0.15) is 0 Å². The minimum Gasteiger partial charge on any atom is -0.316 e. The molecular weight excluding hydrogens is 196 g/mol. The lowest BCUT2D eigenvalue weighted by Crippen LogP contribution is -2.38. The molecule has 0 aromatic rings. The van der Waals surface area contributed by atoms with E-state index in [1.165, 1.54) is 58.2 Å². The second-order valence-electron chi connectivity index (χ2n) is 5.94. The summed E-state index contributed by atoms with van der Waals surface area (Å²) in [5, 5.41) is 3.65. The first-order chi connectivity index (χ1) is 7.77. The third-order valence-corrected chi connectivity index (χ3v) is 4.47. The van der Waals surface area contributed by atoms with Gasteiger partial charge < -0.3 is 10.2 Å². The molecule has 0 aromatic heterocycles. The van der Waals surface area contributed by atoms with Crippen molar-refractivity contribution in [1.29, 1.82) is 0 Å². The van der Waals surface area contributed by atoms with Gasteiger partial charge >= 0.3 is 0 Å². The van der Waals surface area contributed by atoms with Gasteiger partial charge in [-0.05, 0) is 70.6 Å². The molecule has 2 heteroatoms. The van der Waals surface area contributed by atoms with Crippen LogP contribution in [-0.4, -0.2) is 37.6 Å². The fourth-order valence-corrected chi connectivity index (χ4v) is 2.94. The van der Waals surface area contributed by atoms with Crippen molar-refractivity contribution < 1.29 is 0 Å². The summed E-state index contributed by atoms with van der Waals surface area (Å²) in [6, 6.07) is 0.845. The molecule has 1 aliphatic heterocycles. The zero-order valence-electron chi connectivity index (χ0n) is 11.0.